The summed E-state index contributed by atoms with van der Waals surface area (Å²) in [6, 6.07) is 6.44. The van der Waals surface area contributed by atoms with Gasteiger partial charge in [0.05, 0.1) is 6.04 Å². The van der Waals surface area contributed by atoms with E-state index in [2.05, 4.69) is 13.8 Å². The van der Waals surface area contributed by atoms with Gasteiger partial charge >= 0.3 is 0 Å². The maximum absolute atomic E-state index is 12.6. The van der Waals surface area contributed by atoms with Gasteiger partial charge in [-0.05, 0) is 43.0 Å². The lowest BCUT2D eigenvalue weighted by atomic mass is 10.0. The summed E-state index contributed by atoms with van der Waals surface area (Å²) in [5, 5.41) is 0.610. The number of nitrogens with zero attached hydrogens (tertiary/aromatic N) is 2. The number of benzene rings is 1. The molecule has 1 heterocycles. The minimum atomic E-state index is -0.455. The first-order chi connectivity index (χ1) is 11.4. The van der Waals surface area contributed by atoms with E-state index in [-0.39, 0.29) is 11.8 Å². The van der Waals surface area contributed by atoms with Gasteiger partial charge in [0.25, 0.3) is 5.91 Å². The van der Waals surface area contributed by atoms with E-state index in [9.17, 15) is 9.59 Å². The Bertz CT molecular complexity index is 574. The van der Waals surface area contributed by atoms with E-state index in [1.165, 1.54) is 0 Å². The molecule has 0 aliphatic carbocycles. The Labute approximate surface area is 148 Å². The van der Waals surface area contributed by atoms with E-state index in [1.54, 1.807) is 34.1 Å². The van der Waals surface area contributed by atoms with Crippen LogP contribution in [0.3, 0.4) is 0 Å². The van der Waals surface area contributed by atoms with Gasteiger partial charge in [0.15, 0.2) is 0 Å². The zero-order valence-electron chi connectivity index (χ0n) is 14.4. The highest BCUT2D eigenvalue weighted by Gasteiger charge is 2.26. The molecule has 0 radical (unpaired) electrons. The fourth-order valence-corrected chi connectivity index (χ4v) is 3.09. The fourth-order valence-electron chi connectivity index (χ4n) is 2.96. The molecular weight excluding hydrogens is 326 g/mol. The molecule has 1 saturated heterocycles. The number of carbonyl (C=O) groups excluding carboxylic acids is 2. The van der Waals surface area contributed by atoms with Crippen LogP contribution in [-0.4, -0.2) is 53.8 Å². The van der Waals surface area contributed by atoms with Crippen LogP contribution in [0.4, 0.5) is 0 Å². The summed E-state index contributed by atoms with van der Waals surface area (Å²) in [6.07, 6.45) is 1.45. The van der Waals surface area contributed by atoms with Gasteiger partial charge in [-0.2, -0.15) is 0 Å². The van der Waals surface area contributed by atoms with Crippen LogP contribution in [0.25, 0.3) is 0 Å². The molecule has 1 aliphatic rings. The van der Waals surface area contributed by atoms with Crippen molar-refractivity contribution in [2.45, 2.75) is 32.7 Å². The van der Waals surface area contributed by atoms with Crippen LogP contribution in [0.2, 0.25) is 5.02 Å². The maximum atomic E-state index is 12.6. The molecule has 0 aromatic heterocycles. The Kier molecular flexibility index (Phi) is 6.63. The summed E-state index contributed by atoms with van der Waals surface area (Å²) < 4.78 is 0. The molecule has 1 aliphatic heterocycles. The molecule has 132 valence electrons. The molecule has 0 spiro atoms. The van der Waals surface area contributed by atoms with Gasteiger partial charge in [0, 0.05) is 36.8 Å². The Morgan fingerprint density at radius 2 is 1.67 bits per heavy atom. The zero-order chi connectivity index (χ0) is 17.7. The van der Waals surface area contributed by atoms with Gasteiger partial charge < -0.3 is 15.5 Å². The lowest BCUT2D eigenvalue weighted by molar-refractivity contribution is -0.132. The van der Waals surface area contributed by atoms with Gasteiger partial charge in [-0.3, -0.25) is 9.59 Å². The Morgan fingerprint density at radius 1 is 1.08 bits per heavy atom. The molecule has 0 saturated carbocycles. The number of halogens is 1. The number of nitrogens with two attached hydrogens (primary N) is 1. The average Bonchev–Trinajstić information content (AvgIpc) is 2.79. The molecule has 0 unspecified atom stereocenters. The maximum Gasteiger partial charge on any atom is 0.253 e. The second-order valence-electron chi connectivity index (χ2n) is 6.71. The molecular formula is C18H26ClN3O2. The third-order valence-electron chi connectivity index (χ3n) is 4.23. The highest BCUT2D eigenvalue weighted by Crippen LogP contribution is 2.14. The van der Waals surface area contributed by atoms with E-state index >= 15 is 0 Å². The van der Waals surface area contributed by atoms with Crippen molar-refractivity contribution in [2.75, 3.05) is 26.2 Å². The minimum absolute atomic E-state index is 0.00973. The molecule has 1 atom stereocenters. The molecule has 24 heavy (non-hydrogen) atoms. The molecule has 2 rings (SSSR count). The molecule has 2 N–H and O–H groups in total. The summed E-state index contributed by atoms with van der Waals surface area (Å²) in [7, 11) is 0. The Balaban J connectivity index is 1.95. The number of rotatable bonds is 4. The summed E-state index contributed by atoms with van der Waals surface area (Å²) in [5.41, 5.74) is 6.64. The van der Waals surface area contributed by atoms with Gasteiger partial charge in [0.1, 0.15) is 0 Å². The van der Waals surface area contributed by atoms with Crippen LogP contribution in [0.5, 0.6) is 0 Å². The Hall–Kier alpha value is -1.59. The van der Waals surface area contributed by atoms with Crippen LogP contribution in [0.1, 0.15) is 37.0 Å². The predicted octanol–water partition coefficient (Wildman–Crippen LogP) is 2.39. The van der Waals surface area contributed by atoms with Gasteiger partial charge in [-0.1, -0.05) is 25.4 Å². The first-order valence-electron chi connectivity index (χ1n) is 8.47. The van der Waals surface area contributed by atoms with E-state index < -0.39 is 6.04 Å². The summed E-state index contributed by atoms with van der Waals surface area (Å²) in [6.45, 7) is 6.47. The SMILES string of the molecule is CC(C)C[C@H](N)C(=O)N1CCCN(C(=O)c2ccc(Cl)cc2)CC1. The van der Waals surface area contributed by atoms with Crippen molar-refractivity contribution < 1.29 is 9.59 Å². The summed E-state index contributed by atoms with van der Waals surface area (Å²) in [5.74, 6) is 0.357. The third-order valence-corrected chi connectivity index (χ3v) is 4.48. The van der Waals surface area contributed by atoms with Crippen molar-refractivity contribution >= 4 is 23.4 Å². The van der Waals surface area contributed by atoms with Gasteiger partial charge in [-0.15, -0.1) is 0 Å². The number of hydrogen-bond donors (Lipinski definition) is 1. The molecule has 1 aromatic rings. The second-order valence-corrected chi connectivity index (χ2v) is 7.15. The van der Waals surface area contributed by atoms with Gasteiger partial charge in [-0.25, -0.2) is 0 Å². The number of carbonyl (C=O) groups is 2. The first kappa shape index (κ1) is 18.7. The van der Waals surface area contributed by atoms with Gasteiger partial charge in [0.2, 0.25) is 5.91 Å². The van der Waals surface area contributed by atoms with Crippen LogP contribution >= 0.6 is 11.6 Å². The van der Waals surface area contributed by atoms with E-state index in [4.69, 9.17) is 17.3 Å². The van der Waals surface area contributed by atoms with Crippen molar-refractivity contribution in [3.63, 3.8) is 0 Å². The quantitative estimate of drug-likeness (QED) is 0.905. The van der Waals surface area contributed by atoms with Crippen molar-refractivity contribution in [3.05, 3.63) is 34.9 Å². The van der Waals surface area contributed by atoms with Crippen molar-refractivity contribution in [1.29, 1.82) is 0 Å². The van der Waals surface area contributed by atoms with Crippen molar-refractivity contribution in [3.8, 4) is 0 Å². The highest BCUT2D eigenvalue weighted by atomic mass is 35.5. The largest absolute Gasteiger partial charge is 0.340 e. The van der Waals surface area contributed by atoms with Crippen LogP contribution < -0.4 is 5.73 Å². The zero-order valence-corrected chi connectivity index (χ0v) is 15.1. The highest BCUT2D eigenvalue weighted by molar-refractivity contribution is 6.30. The number of hydrogen-bond acceptors (Lipinski definition) is 3. The second kappa shape index (κ2) is 8.49. The Morgan fingerprint density at radius 3 is 2.29 bits per heavy atom. The minimum Gasteiger partial charge on any atom is -0.340 e. The van der Waals surface area contributed by atoms with Crippen LogP contribution in [-0.2, 0) is 4.79 Å². The standard InChI is InChI=1S/C18H26ClN3O2/c1-13(2)12-16(20)18(24)22-9-3-8-21(10-11-22)17(23)14-4-6-15(19)7-5-14/h4-7,13,16H,3,8-12,20H2,1-2H3/t16-/m0/s1. The monoisotopic (exact) mass is 351 g/mol. The van der Waals surface area contributed by atoms with Crippen LogP contribution in [0, 0.1) is 5.92 Å². The first-order valence-corrected chi connectivity index (χ1v) is 8.85. The lowest BCUT2D eigenvalue weighted by Gasteiger charge is -2.25. The normalized spacial score (nSPS) is 16.9. The summed E-state index contributed by atoms with van der Waals surface area (Å²) in [4.78, 5) is 28.6. The molecule has 5 nitrogen and oxygen atoms in total. The smallest absolute Gasteiger partial charge is 0.253 e. The molecule has 0 bridgehead atoms. The molecule has 2 amide bonds. The molecule has 6 heteroatoms. The third kappa shape index (κ3) is 4.95. The van der Waals surface area contributed by atoms with Crippen LogP contribution in [0.15, 0.2) is 24.3 Å². The topological polar surface area (TPSA) is 66.6 Å². The lowest BCUT2D eigenvalue weighted by Crippen LogP contribution is -2.46. The van der Waals surface area contributed by atoms with E-state index in [0.717, 1.165) is 6.42 Å². The summed E-state index contributed by atoms with van der Waals surface area (Å²) >= 11 is 5.87. The predicted molar refractivity (Wildman–Crippen MR) is 96.0 cm³/mol. The van der Waals surface area contributed by atoms with Crippen molar-refractivity contribution in [1.82, 2.24) is 9.80 Å². The van der Waals surface area contributed by atoms with Crippen molar-refractivity contribution in [2.24, 2.45) is 11.7 Å². The molecule has 1 aromatic carbocycles. The van der Waals surface area contributed by atoms with E-state index in [0.29, 0.717) is 49.1 Å². The average molecular weight is 352 g/mol. The fraction of sp³-hybridized carbons (Fsp3) is 0.556. The molecule has 1 fully saturated rings. The number of amides is 2. The van der Waals surface area contributed by atoms with E-state index in [1.807, 2.05) is 0 Å².